The first-order valence-electron chi connectivity index (χ1n) is 5.84. The molecule has 18 heavy (non-hydrogen) atoms. The lowest BCUT2D eigenvalue weighted by molar-refractivity contribution is -0.140. The zero-order chi connectivity index (χ0) is 13.5. The van der Waals surface area contributed by atoms with Gasteiger partial charge in [-0.2, -0.15) is 0 Å². The molecular formula is C12H18N2O3S. The summed E-state index contributed by atoms with van der Waals surface area (Å²) in [5.41, 5.74) is 0. The van der Waals surface area contributed by atoms with Gasteiger partial charge in [0.25, 0.3) is 0 Å². The molecule has 5 nitrogen and oxygen atoms in total. The Morgan fingerprint density at radius 3 is 2.72 bits per heavy atom. The van der Waals surface area contributed by atoms with Crippen LogP contribution in [0.25, 0.3) is 0 Å². The molecular weight excluding hydrogens is 252 g/mol. The average molecular weight is 270 g/mol. The van der Waals surface area contributed by atoms with E-state index in [4.69, 9.17) is 5.11 Å². The van der Waals surface area contributed by atoms with Crippen LogP contribution in [0, 0.1) is 5.92 Å². The number of hydrogen-bond acceptors (Lipinski definition) is 3. The summed E-state index contributed by atoms with van der Waals surface area (Å²) in [4.78, 5) is 23.6. The van der Waals surface area contributed by atoms with Gasteiger partial charge >= 0.3 is 12.0 Å². The third kappa shape index (κ3) is 4.37. The maximum atomic E-state index is 11.6. The van der Waals surface area contributed by atoms with Gasteiger partial charge in [0, 0.05) is 4.88 Å². The molecule has 0 saturated carbocycles. The van der Waals surface area contributed by atoms with Gasteiger partial charge in [-0.1, -0.05) is 26.3 Å². The summed E-state index contributed by atoms with van der Waals surface area (Å²) in [7, 11) is 0. The van der Waals surface area contributed by atoms with Crippen molar-refractivity contribution in [2.75, 3.05) is 0 Å². The Balaban J connectivity index is 2.44. The molecule has 0 aliphatic heterocycles. The topological polar surface area (TPSA) is 78.4 Å². The van der Waals surface area contributed by atoms with E-state index >= 15 is 0 Å². The van der Waals surface area contributed by atoms with Crippen LogP contribution in [-0.4, -0.2) is 23.1 Å². The predicted molar refractivity (Wildman–Crippen MR) is 70.6 cm³/mol. The first-order valence-corrected chi connectivity index (χ1v) is 6.72. The lowest BCUT2D eigenvalue weighted by atomic mass is 9.99. The third-order valence-electron chi connectivity index (χ3n) is 2.77. The lowest BCUT2D eigenvalue weighted by Gasteiger charge is -2.20. The van der Waals surface area contributed by atoms with E-state index in [9.17, 15) is 9.59 Å². The van der Waals surface area contributed by atoms with Crippen LogP contribution in [0.4, 0.5) is 4.79 Å². The molecule has 0 spiro atoms. The molecule has 0 aliphatic carbocycles. The van der Waals surface area contributed by atoms with E-state index in [1.807, 2.05) is 24.4 Å². The van der Waals surface area contributed by atoms with Crippen LogP contribution in [-0.2, 0) is 11.3 Å². The molecule has 6 heteroatoms. The van der Waals surface area contributed by atoms with Crippen molar-refractivity contribution < 1.29 is 14.7 Å². The molecule has 0 fully saturated rings. The van der Waals surface area contributed by atoms with Gasteiger partial charge in [0.15, 0.2) is 0 Å². The maximum Gasteiger partial charge on any atom is 0.326 e. The predicted octanol–water partition coefficient (Wildman–Crippen LogP) is 2.05. The molecule has 3 N–H and O–H groups in total. The first kappa shape index (κ1) is 14.5. The number of aliphatic carboxylic acids is 1. The number of carbonyl (C=O) groups excluding carboxylic acids is 1. The van der Waals surface area contributed by atoms with Gasteiger partial charge in [-0.3, -0.25) is 0 Å². The Hall–Kier alpha value is -1.56. The molecule has 2 amide bonds. The smallest absolute Gasteiger partial charge is 0.326 e. The van der Waals surface area contributed by atoms with Crippen LogP contribution in [0.3, 0.4) is 0 Å². The zero-order valence-corrected chi connectivity index (χ0v) is 11.3. The SMILES string of the molecule is CC[C@H](C)[C@H](NC(=O)NCc1cccs1)C(=O)O. The van der Waals surface area contributed by atoms with Crippen LogP contribution in [0.2, 0.25) is 0 Å². The van der Waals surface area contributed by atoms with E-state index in [0.717, 1.165) is 4.88 Å². The molecule has 1 rings (SSSR count). The summed E-state index contributed by atoms with van der Waals surface area (Å²) in [6.45, 7) is 4.11. The number of carbonyl (C=O) groups is 2. The van der Waals surface area contributed by atoms with E-state index in [2.05, 4.69) is 10.6 Å². The molecule has 100 valence electrons. The van der Waals surface area contributed by atoms with Crippen molar-refractivity contribution in [2.24, 2.45) is 5.92 Å². The summed E-state index contributed by atoms with van der Waals surface area (Å²) in [5.74, 6) is -1.11. The Bertz CT molecular complexity index is 392. The third-order valence-corrected chi connectivity index (χ3v) is 3.65. The standard InChI is InChI=1S/C12H18N2O3S/c1-3-8(2)10(11(15)16)14-12(17)13-7-9-5-4-6-18-9/h4-6,8,10H,3,7H2,1-2H3,(H,15,16)(H2,13,14,17)/t8-,10-/m0/s1. The first-order chi connectivity index (χ1) is 8.54. The highest BCUT2D eigenvalue weighted by atomic mass is 32.1. The Kier molecular flexibility index (Phi) is 5.64. The molecule has 1 aromatic rings. The number of thiophene rings is 1. The van der Waals surface area contributed by atoms with Crippen molar-refractivity contribution in [1.29, 1.82) is 0 Å². The number of rotatable bonds is 6. The fraction of sp³-hybridized carbons (Fsp3) is 0.500. The van der Waals surface area contributed by atoms with Gasteiger partial charge in [-0.15, -0.1) is 11.3 Å². The van der Waals surface area contributed by atoms with Gasteiger partial charge < -0.3 is 15.7 Å². The summed E-state index contributed by atoms with van der Waals surface area (Å²) < 4.78 is 0. The van der Waals surface area contributed by atoms with E-state index in [1.54, 1.807) is 18.3 Å². The molecule has 1 heterocycles. The highest BCUT2D eigenvalue weighted by Crippen LogP contribution is 2.09. The number of carboxylic acids is 1. The highest BCUT2D eigenvalue weighted by Gasteiger charge is 2.24. The van der Waals surface area contributed by atoms with Gasteiger partial charge in [-0.05, 0) is 17.4 Å². The minimum atomic E-state index is -1.00. The van der Waals surface area contributed by atoms with Gasteiger partial charge in [-0.25, -0.2) is 9.59 Å². The molecule has 0 unspecified atom stereocenters. The number of nitrogens with one attached hydrogen (secondary N) is 2. The van der Waals surface area contributed by atoms with Crippen LogP contribution >= 0.6 is 11.3 Å². The maximum absolute atomic E-state index is 11.6. The molecule has 0 saturated heterocycles. The van der Waals surface area contributed by atoms with Crippen molar-refractivity contribution >= 4 is 23.3 Å². The van der Waals surface area contributed by atoms with Crippen LogP contribution < -0.4 is 10.6 Å². The second kappa shape index (κ2) is 7.00. The van der Waals surface area contributed by atoms with Crippen molar-refractivity contribution in [2.45, 2.75) is 32.9 Å². The van der Waals surface area contributed by atoms with E-state index in [0.29, 0.717) is 13.0 Å². The molecule has 0 aromatic carbocycles. The molecule has 2 atom stereocenters. The van der Waals surface area contributed by atoms with Crippen molar-refractivity contribution in [3.8, 4) is 0 Å². The second-order valence-corrected chi connectivity index (χ2v) is 5.14. The Morgan fingerprint density at radius 1 is 1.50 bits per heavy atom. The highest BCUT2D eigenvalue weighted by molar-refractivity contribution is 7.09. The minimum Gasteiger partial charge on any atom is -0.480 e. The van der Waals surface area contributed by atoms with E-state index in [-0.39, 0.29) is 5.92 Å². The zero-order valence-electron chi connectivity index (χ0n) is 10.5. The monoisotopic (exact) mass is 270 g/mol. The summed E-state index contributed by atoms with van der Waals surface area (Å²) in [6.07, 6.45) is 0.697. The van der Waals surface area contributed by atoms with Gasteiger partial charge in [0.05, 0.1) is 6.54 Å². The number of urea groups is 1. The Labute approximate surface area is 110 Å². The average Bonchev–Trinajstić information content (AvgIpc) is 2.85. The molecule has 1 aromatic heterocycles. The van der Waals surface area contributed by atoms with Crippen molar-refractivity contribution in [3.05, 3.63) is 22.4 Å². The quantitative estimate of drug-likeness (QED) is 0.740. The Morgan fingerprint density at radius 2 is 2.22 bits per heavy atom. The van der Waals surface area contributed by atoms with Crippen LogP contribution in [0.15, 0.2) is 17.5 Å². The largest absolute Gasteiger partial charge is 0.480 e. The van der Waals surface area contributed by atoms with Gasteiger partial charge in [0.1, 0.15) is 6.04 Å². The van der Waals surface area contributed by atoms with Crippen molar-refractivity contribution in [1.82, 2.24) is 10.6 Å². The number of carboxylic acid groups (broad SMARTS) is 1. The van der Waals surface area contributed by atoms with E-state index in [1.165, 1.54) is 0 Å². The fourth-order valence-electron chi connectivity index (χ4n) is 1.46. The van der Waals surface area contributed by atoms with Gasteiger partial charge in [0.2, 0.25) is 0 Å². The number of amides is 2. The second-order valence-electron chi connectivity index (χ2n) is 4.11. The van der Waals surface area contributed by atoms with Crippen molar-refractivity contribution in [3.63, 3.8) is 0 Å². The normalized spacial score (nSPS) is 13.7. The van der Waals surface area contributed by atoms with Crippen LogP contribution in [0.1, 0.15) is 25.1 Å². The summed E-state index contributed by atoms with van der Waals surface area (Å²) in [6, 6.07) is 2.52. The molecule has 0 radical (unpaired) electrons. The summed E-state index contributed by atoms with van der Waals surface area (Å²) in [5, 5.41) is 16.1. The fourth-order valence-corrected chi connectivity index (χ4v) is 2.10. The van der Waals surface area contributed by atoms with E-state index < -0.39 is 18.0 Å². The molecule has 0 bridgehead atoms. The summed E-state index contributed by atoms with van der Waals surface area (Å²) >= 11 is 1.54. The molecule has 0 aliphatic rings. The lowest BCUT2D eigenvalue weighted by Crippen LogP contribution is -2.48. The van der Waals surface area contributed by atoms with Crippen LogP contribution in [0.5, 0.6) is 0 Å². The number of hydrogen-bond donors (Lipinski definition) is 3. The minimum absolute atomic E-state index is 0.102.